The SMILES string of the molecule is COC(=O)c1ccc(/C=N\Nc2ncc(Cl)cc2Cl)cc1. The van der Waals surface area contributed by atoms with E-state index in [1.807, 2.05) is 0 Å². The van der Waals surface area contributed by atoms with Gasteiger partial charge in [-0.15, -0.1) is 0 Å². The average molecular weight is 324 g/mol. The van der Waals surface area contributed by atoms with Crippen molar-refractivity contribution in [3.05, 3.63) is 57.7 Å². The lowest BCUT2D eigenvalue weighted by Crippen LogP contribution is -2.01. The van der Waals surface area contributed by atoms with Crippen LogP contribution in [0.25, 0.3) is 0 Å². The molecule has 0 bridgehead atoms. The van der Waals surface area contributed by atoms with Crippen LogP contribution in [0, 0.1) is 0 Å². The summed E-state index contributed by atoms with van der Waals surface area (Å²) >= 11 is 11.7. The molecule has 0 fully saturated rings. The molecule has 108 valence electrons. The van der Waals surface area contributed by atoms with Gasteiger partial charge in [-0.25, -0.2) is 9.78 Å². The van der Waals surface area contributed by atoms with Crippen molar-refractivity contribution in [1.29, 1.82) is 0 Å². The monoisotopic (exact) mass is 323 g/mol. The van der Waals surface area contributed by atoms with Gasteiger partial charge in [0.1, 0.15) is 0 Å². The number of rotatable bonds is 4. The van der Waals surface area contributed by atoms with Crippen molar-refractivity contribution in [2.45, 2.75) is 0 Å². The Hall–Kier alpha value is -2.11. The number of benzene rings is 1. The molecule has 0 aliphatic carbocycles. The van der Waals surface area contributed by atoms with Crippen molar-refractivity contribution in [1.82, 2.24) is 4.98 Å². The van der Waals surface area contributed by atoms with Gasteiger partial charge in [0, 0.05) is 6.20 Å². The molecule has 2 rings (SSSR count). The van der Waals surface area contributed by atoms with Crippen LogP contribution in [0.1, 0.15) is 15.9 Å². The first-order valence-electron chi connectivity index (χ1n) is 5.88. The highest BCUT2D eigenvalue weighted by Crippen LogP contribution is 2.22. The average Bonchev–Trinajstić information content (AvgIpc) is 2.49. The maximum atomic E-state index is 11.3. The number of aromatic nitrogens is 1. The highest BCUT2D eigenvalue weighted by atomic mass is 35.5. The van der Waals surface area contributed by atoms with E-state index in [9.17, 15) is 4.79 Å². The minimum Gasteiger partial charge on any atom is -0.465 e. The van der Waals surface area contributed by atoms with Crippen LogP contribution in [0.3, 0.4) is 0 Å². The number of hydrazone groups is 1. The largest absolute Gasteiger partial charge is 0.465 e. The number of nitrogens with one attached hydrogen (secondary N) is 1. The Bertz CT molecular complexity index is 672. The Labute approximate surface area is 131 Å². The number of hydrogen-bond acceptors (Lipinski definition) is 5. The van der Waals surface area contributed by atoms with Crippen LogP contribution in [-0.2, 0) is 4.74 Å². The molecule has 2 aromatic rings. The van der Waals surface area contributed by atoms with Crippen LogP contribution in [0.2, 0.25) is 10.0 Å². The zero-order chi connectivity index (χ0) is 15.2. The van der Waals surface area contributed by atoms with Crippen LogP contribution >= 0.6 is 23.2 Å². The van der Waals surface area contributed by atoms with Crippen molar-refractivity contribution >= 4 is 41.2 Å². The van der Waals surface area contributed by atoms with Gasteiger partial charge in [0.2, 0.25) is 0 Å². The van der Waals surface area contributed by atoms with Gasteiger partial charge in [0.15, 0.2) is 5.82 Å². The smallest absolute Gasteiger partial charge is 0.337 e. The van der Waals surface area contributed by atoms with Gasteiger partial charge >= 0.3 is 5.97 Å². The maximum absolute atomic E-state index is 11.3. The van der Waals surface area contributed by atoms with E-state index in [0.29, 0.717) is 21.4 Å². The first-order valence-corrected chi connectivity index (χ1v) is 6.64. The molecule has 0 aliphatic rings. The predicted molar refractivity (Wildman–Crippen MR) is 83.3 cm³/mol. The van der Waals surface area contributed by atoms with Gasteiger partial charge < -0.3 is 4.74 Å². The normalized spacial score (nSPS) is 10.6. The van der Waals surface area contributed by atoms with Crippen molar-refractivity contribution < 1.29 is 9.53 Å². The minimum absolute atomic E-state index is 0.376. The molecule has 1 aromatic heterocycles. The van der Waals surface area contributed by atoms with E-state index in [0.717, 1.165) is 5.56 Å². The Kier molecular flexibility index (Phi) is 5.14. The summed E-state index contributed by atoms with van der Waals surface area (Å²) in [7, 11) is 1.34. The number of hydrogen-bond donors (Lipinski definition) is 1. The molecule has 0 amide bonds. The van der Waals surface area contributed by atoms with E-state index in [-0.39, 0.29) is 5.97 Å². The quantitative estimate of drug-likeness (QED) is 0.530. The molecule has 21 heavy (non-hydrogen) atoms. The molecule has 0 spiro atoms. The highest BCUT2D eigenvalue weighted by Gasteiger charge is 2.03. The summed E-state index contributed by atoms with van der Waals surface area (Å²) in [6.07, 6.45) is 3.05. The Balaban J connectivity index is 2.02. The summed E-state index contributed by atoms with van der Waals surface area (Å²) in [6, 6.07) is 8.36. The molecule has 7 heteroatoms. The number of carbonyl (C=O) groups is 1. The number of nitrogens with zero attached hydrogens (tertiary/aromatic N) is 2. The van der Waals surface area contributed by atoms with E-state index in [4.69, 9.17) is 23.2 Å². The Morgan fingerprint density at radius 1 is 1.33 bits per heavy atom. The van der Waals surface area contributed by atoms with Crippen molar-refractivity contribution in [2.24, 2.45) is 5.10 Å². The predicted octanol–water partition coefficient (Wildman–Crippen LogP) is 3.62. The molecule has 0 radical (unpaired) electrons. The summed E-state index contributed by atoms with van der Waals surface area (Å²) in [5.41, 5.74) is 4.00. The summed E-state index contributed by atoms with van der Waals surface area (Å²) in [5, 5.41) is 4.84. The van der Waals surface area contributed by atoms with Crippen molar-refractivity contribution in [2.75, 3.05) is 12.5 Å². The topological polar surface area (TPSA) is 63.6 Å². The van der Waals surface area contributed by atoms with E-state index >= 15 is 0 Å². The lowest BCUT2D eigenvalue weighted by Gasteiger charge is -2.02. The maximum Gasteiger partial charge on any atom is 0.337 e. The van der Waals surface area contributed by atoms with Crippen LogP contribution in [0.15, 0.2) is 41.6 Å². The molecule has 0 saturated carbocycles. The Morgan fingerprint density at radius 3 is 2.67 bits per heavy atom. The summed E-state index contributed by atoms with van der Waals surface area (Å²) in [5.74, 6) is 0.0252. The molecular formula is C14H11Cl2N3O2. The lowest BCUT2D eigenvalue weighted by atomic mass is 10.1. The van der Waals surface area contributed by atoms with Gasteiger partial charge in [-0.3, -0.25) is 5.43 Å². The van der Waals surface area contributed by atoms with Gasteiger partial charge in [-0.05, 0) is 23.8 Å². The molecule has 5 nitrogen and oxygen atoms in total. The zero-order valence-electron chi connectivity index (χ0n) is 11.0. The van der Waals surface area contributed by atoms with Crippen LogP contribution in [0.4, 0.5) is 5.82 Å². The van der Waals surface area contributed by atoms with E-state index in [1.165, 1.54) is 13.3 Å². The van der Waals surface area contributed by atoms with Gasteiger partial charge in [0.05, 0.1) is 28.9 Å². The number of esters is 1. The first kappa shape index (κ1) is 15.3. The summed E-state index contributed by atoms with van der Waals surface area (Å²) in [4.78, 5) is 15.3. The number of carbonyl (C=O) groups excluding carboxylic acids is 1. The molecule has 0 aliphatic heterocycles. The molecule has 1 aromatic carbocycles. The molecule has 1 N–H and O–H groups in total. The summed E-state index contributed by atoms with van der Waals surface area (Å²) in [6.45, 7) is 0. The number of anilines is 1. The third-order valence-corrected chi connectivity index (χ3v) is 3.02. The van der Waals surface area contributed by atoms with Gasteiger partial charge in [0.25, 0.3) is 0 Å². The standard InChI is InChI=1S/C14H11Cl2N3O2/c1-21-14(20)10-4-2-9(3-5-10)7-18-19-13-12(16)6-11(15)8-17-13/h2-8H,1H3,(H,17,19)/b18-7-. The fourth-order valence-corrected chi connectivity index (χ4v) is 1.91. The second-order valence-corrected chi connectivity index (χ2v) is 4.81. The molecule has 0 saturated heterocycles. The second kappa shape index (κ2) is 7.06. The molecule has 0 unspecified atom stereocenters. The van der Waals surface area contributed by atoms with Gasteiger partial charge in [-0.2, -0.15) is 5.10 Å². The van der Waals surface area contributed by atoms with Crippen LogP contribution < -0.4 is 5.43 Å². The van der Waals surface area contributed by atoms with Crippen molar-refractivity contribution in [3.8, 4) is 0 Å². The fraction of sp³-hybridized carbons (Fsp3) is 0.0714. The molecule has 1 heterocycles. The van der Waals surface area contributed by atoms with Gasteiger partial charge in [-0.1, -0.05) is 35.3 Å². The summed E-state index contributed by atoms with van der Waals surface area (Å²) < 4.78 is 4.62. The van der Waals surface area contributed by atoms with E-state index in [2.05, 4.69) is 20.2 Å². The third kappa shape index (κ3) is 4.18. The fourth-order valence-electron chi connectivity index (χ4n) is 1.49. The molecular weight excluding hydrogens is 313 g/mol. The number of ether oxygens (including phenoxy) is 1. The number of methoxy groups -OCH3 is 1. The highest BCUT2D eigenvalue weighted by molar-refractivity contribution is 6.35. The third-order valence-electron chi connectivity index (χ3n) is 2.52. The molecule has 0 atom stereocenters. The second-order valence-electron chi connectivity index (χ2n) is 3.97. The van der Waals surface area contributed by atoms with Crippen LogP contribution in [-0.4, -0.2) is 24.3 Å². The van der Waals surface area contributed by atoms with E-state index in [1.54, 1.807) is 36.5 Å². The van der Waals surface area contributed by atoms with E-state index < -0.39 is 0 Å². The van der Waals surface area contributed by atoms with Crippen LogP contribution in [0.5, 0.6) is 0 Å². The van der Waals surface area contributed by atoms with Crippen molar-refractivity contribution in [3.63, 3.8) is 0 Å². The first-order chi connectivity index (χ1) is 10.1. The zero-order valence-corrected chi connectivity index (χ0v) is 12.5. The Morgan fingerprint density at radius 2 is 2.05 bits per heavy atom. The lowest BCUT2D eigenvalue weighted by molar-refractivity contribution is 0.0601. The minimum atomic E-state index is -0.381. The number of pyridine rings is 1. The number of halogens is 2.